The first-order valence-electron chi connectivity index (χ1n) is 10.9. The summed E-state index contributed by atoms with van der Waals surface area (Å²) in [4.78, 5) is 12.8. The second-order valence-electron chi connectivity index (χ2n) is 8.20. The number of ether oxygens (including phenoxy) is 1. The number of amides is 1. The van der Waals surface area contributed by atoms with E-state index in [2.05, 4.69) is 26.6 Å². The van der Waals surface area contributed by atoms with Gasteiger partial charge in [0.15, 0.2) is 5.11 Å². The van der Waals surface area contributed by atoms with Crippen molar-refractivity contribution in [1.82, 2.24) is 5.32 Å². The highest BCUT2D eigenvalue weighted by molar-refractivity contribution is 9.10. The van der Waals surface area contributed by atoms with Crippen molar-refractivity contribution in [3.63, 3.8) is 0 Å². The zero-order chi connectivity index (χ0) is 25.2. The fraction of sp³-hybridized carbons (Fsp3) is 0.200. The van der Waals surface area contributed by atoms with Gasteiger partial charge in [-0.15, -0.1) is 0 Å². The number of rotatable bonds is 6. The lowest BCUT2D eigenvalue weighted by Crippen LogP contribution is -2.34. The van der Waals surface area contributed by atoms with Gasteiger partial charge in [-0.3, -0.25) is 14.4 Å². The molecule has 1 amide bonds. The van der Waals surface area contributed by atoms with E-state index in [1.807, 2.05) is 38.1 Å². The minimum absolute atomic E-state index is 0.00953. The van der Waals surface area contributed by atoms with E-state index >= 15 is 0 Å². The first-order chi connectivity index (χ1) is 16.6. The van der Waals surface area contributed by atoms with Gasteiger partial charge in [0.1, 0.15) is 5.75 Å². The molecule has 35 heavy (non-hydrogen) atoms. The standard InChI is InChI=1S/C25H24BrN3O4S2/c1-16(2)33-23-12-7-18(15-21(23)26)24(30)28-25(34)27-19-8-10-20(11-9-19)35(31,32)29-14-13-17-5-3-4-6-22(17)29/h3-12,15-16H,13-14H2,1-2H3,(H2,27,28,30,34). The third-order valence-corrected chi connectivity index (χ3v) is 7.98. The van der Waals surface area contributed by atoms with E-state index in [9.17, 15) is 13.2 Å². The van der Waals surface area contributed by atoms with Crippen molar-refractivity contribution in [3.05, 3.63) is 82.3 Å². The first-order valence-corrected chi connectivity index (χ1v) is 13.6. The maximum absolute atomic E-state index is 13.2. The summed E-state index contributed by atoms with van der Waals surface area (Å²) in [6.45, 7) is 4.26. The number of benzene rings is 3. The molecule has 3 aromatic rings. The van der Waals surface area contributed by atoms with Crippen LogP contribution >= 0.6 is 28.1 Å². The van der Waals surface area contributed by atoms with Crippen molar-refractivity contribution in [3.8, 4) is 5.75 Å². The molecule has 4 rings (SSSR count). The Hall–Kier alpha value is -2.95. The quantitative estimate of drug-likeness (QED) is 0.398. The summed E-state index contributed by atoms with van der Waals surface area (Å²) in [5.74, 6) is 0.260. The molecule has 0 fully saturated rings. The second kappa shape index (κ2) is 10.3. The molecular formula is C25H24BrN3O4S2. The van der Waals surface area contributed by atoms with Crippen LogP contribution in [0.5, 0.6) is 5.75 Å². The van der Waals surface area contributed by atoms with E-state index in [1.54, 1.807) is 30.3 Å². The highest BCUT2D eigenvalue weighted by Crippen LogP contribution is 2.33. The van der Waals surface area contributed by atoms with Crippen molar-refractivity contribution >= 4 is 60.6 Å². The number of fused-ring (bicyclic) bond motifs is 1. The van der Waals surface area contributed by atoms with Crippen LogP contribution in [0.2, 0.25) is 0 Å². The molecule has 0 radical (unpaired) electrons. The highest BCUT2D eigenvalue weighted by atomic mass is 79.9. The number of para-hydroxylation sites is 1. The lowest BCUT2D eigenvalue weighted by atomic mass is 10.2. The second-order valence-corrected chi connectivity index (χ2v) is 11.3. The molecule has 0 saturated carbocycles. The molecule has 0 aliphatic carbocycles. The number of hydrogen-bond donors (Lipinski definition) is 2. The monoisotopic (exact) mass is 573 g/mol. The number of anilines is 2. The Morgan fingerprint density at radius 2 is 1.80 bits per heavy atom. The topological polar surface area (TPSA) is 87.7 Å². The Kier molecular flexibility index (Phi) is 7.44. The number of sulfonamides is 1. The molecule has 0 aromatic heterocycles. The van der Waals surface area contributed by atoms with Crippen molar-refractivity contribution < 1.29 is 17.9 Å². The first kappa shape index (κ1) is 25.2. The Labute approximate surface area is 218 Å². The minimum Gasteiger partial charge on any atom is -0.490 e. The molecule has 2 N–H and O–H groups in total. The normalized spacial score (nSPS) is 12.9. The van der Waals surface area contributed by atoms with Crippen LogP contribution in [0.3, 0.4) is 0 Å². The predicted molar refractivity (Wildman–Crippen MR) is 145 cm³/mol. The van der Waals surface area contributed by atoms with Crippen LogP contribution in [-0.4, -0.2) is 32.1 Å². The summed E-state index contributed by atoms with van der Waals surface area (Å²) in [5, 5.41) is 5.63. The molecule has 182 valence electrons. The number of carbonyl (C=O) groups excluding carboxylic acids is 1. The van der Waals surface area contributed by atoms with E-state index < -0.39 is 10.0 Å². The zero-order valence-corrected chi connectivity index (χ0v) is 22.3. The highest BCUT2D eigenvalue weighted by Gasteiger charge is 2.30. The maximum atomic E-state index is 13.2. The van der Waals surface area contributed by atoms with Crippen LogP contribution in [0.1, 0.15) is 29.8 Å². The third-order valence-electron chi connectivity index (χ3n) is 5.33. The Morgan fingerprint density at radius 1 is 1.09 bits per heavy atom. The van der Waals surface area contributed by atoms with Gasteiger partial charge in [0.05, 0.1) is 21.2 Å². The average Bonchev–Trinajstić information content (AvgIpc) is 3.25. The summed E-state index contributed by atoms with van der Waals surface area (Å²) >= 11 is 8.67. The fourth-order valence-electron chi connectivity index (χ4n) is 3.72. The zero-order valence-electron chi connectivity index (χ0n) is 19.1. The van der Waals surface area contributed by atoms with Gasteiger partial charge in [0.25, 0.3) is 15.9 Å². The summed E-state index contributed by atoms with van der Waals surface area (Å²) in [6.07, 6.45) is 0.697. The molecular weight excluding hydrogens is 550 g/mol. The van der Waals surface area contributed by atoms with Crippen molar-refractivity contribution in [2.75, 3.05) is 16.2 Å². The van der Waals surface area contributed by atoms with Gasteiger partial charge >= 0.3 is 0 Å². The molecule has 0 unspecified atom stereocenters. The average molecular weight is 575 g/mol. The summed E-state index contributed by atoms with van der Waals surface area (Å²) in [5.41, 5.74) is 2.70. The van der Waals surface area contributed by atoms with Crippen molar-refractivity contribution in [1.29, 1.82) is 0 Å². The van der Waals surface area contributed by atoms with Gasteiger partial charge in [-0.05, 0) is 103 Å². The molecule has 0 saturated heterocycles. The largest absolute Gasteiger partial charge is 0.490 e. The van der Waals surface area contributed by atoms with Crippen LogP contribution in [0.4, 0.5) is 11.4 Å². The lowest BCUT2D eigenvalue weighted by molar-refractivity contribution is 0.0977. The third kappa shape index (κ3) is 5.66. The van der Waals surface area contributed by atoms with Gasteiger partial charge in [-0.1, -0.05) is 18.2 Å². The van der Waals surface area contributed by atoms with Crippen LogP contribution in [-0.2, 0) is 16.4 Å². The summed E-state index contributed by atoms with van der Waals surface area (Å²) in [7, 11) is -3.68. The van der Waals surface area contributed by atoms with E-state index in [0.29, 0.717) is 40.1 Å². The number of hydrogen-bond acceptors (Lipinski definition) is 5. The molecule has 1 aliphatic rings. The van der Waals surface area contributed by atoms with E-state index in [0.717, 1.165) is 5.56 Å². The molecule has 10 heteroatoms. The molecule has 0 spiro atoms. The maximum Gasteiger partial charge on any atom is 0.264 e. The van der Waals surface area contributed by atoms with Crippen LogP contribution < -0.4 is 19.7 Å². The Morgan fingerprint density at radius 3 is 2.49 bits per heavy atom. The molecule has 0 bridgehead atoms. The van der Waals surface area contributed by atoms with Gasteiger partial charge in [-0.2, -0.15) is 0 Å². The molecule has 3 aromatic carbocycles. The molecule has 1 aliphatic heterocycles. The molecule has 0 atom stereocenters. The summed E-state index contributed by atoms with van der Waals surface area (Å²) < 4.78 is 34.1. The lowest BCUT2D eigenvalue weighted by Gasteiger charge is -2.19. The Balaban J connectivity index is 1.39. The number of thiocarbonyl (C=S) groups is 1. The Bertz CT molecular complexity index is 1380. The summed E-state index contributed by atoms with van der Waals surface area (Å²) in [6, 6.07) is 18.8. The number of nitrogens with zero attached hydrogens (tertiary/aromatic N) is 1. The van der Waals surface area contributed by atoms with Gasteiger partial charge in [0, 0.05) is 17.8 Å². The SMILES string of the molecule is CC(C)Oc1ccc(C(=O)NC(=S)Nc2ccc(S(=O)(=O)N3CCc4ccccc43)cc2)cc1Br. The van der Waals surface area contributed by atoms with Gasteiger partial charge < -0.3 is 10.1 Å². The number of nitrogens with one attached hydrogen (secondary N) is 2. The van der Waals surface area contributed by atoms with Crippen LogP contribution in [0.25, 0.3) is 0 Å². The van der Waals surface area contributed by atoms with Gasteiger partial charge in [0.2, 0.25) is 0 Å². The minimum atomic E-state index is -3.68. The van der Waals surface area contributed by atoms with E-state index in [-0.39, 0.29) is 22.0 Å². The van der Waals surface area contributed by atoms with E-state index in [1.165, 1.54) is 16.4 Å². The van der Waals surface area contributed by atoms with Crippen LogP contribution in [0.15, 0.2) is 76.1 Å². The number of carbonyl (C=O) groups is 1. The number of halogens is 1. The van der Waals surface area contributed by atoms with Crippen molar-refractivity contribution in [2.24, 2.45) is 0 Å². The predicted octanol–water partition coefficient (Wildman–Crippen LogP) is 5.11. The molecule has 1 heterocycles. The van der Waals surface area contributed by atoms with E-state index in [4.69, 9.17) is 17.0 Å². The van der Waals surface area contributed by atoms with Crippen LogP contribution in [0, 0.1) is 0 Å². The smallest absolute Gasteiger partial charge is 0.264 e. The molecule has 7 nitrogen and oxygen atoms in total. The van der Waals surface area contributed by atoms with Gasteiger partial charge in [-0.25, -0.2) is 8.42 Å². The fourth-order valence-corrected chi connectivity index (χ4v) is 5.91. The van der Waals surface area contributed by atoms with Crippen molar-refractivity contribution in [2.45, 2.75) is 31.3 Å².